The van der Waals surface area contributed by atoms with Crippen LogP contribution in [0.5, 0.6) is 0 Å². The zero-order valence-corrected chi connectivity index (χ0v) is 10.0. The van der Waals surface area contributed by atoms with Crippen molar-refractivity contribution in [1.29, 1.82) is 0 Å². The summed E-state index contributed by atoms with van der Waals surface area (Å²) in [5.41, 5.74) is 0. The largest absolute Gasteiger partial charge is 0.335 e. The molecule has 0 bridgehead atoms. The summed E-state index contributed by atoms with van der Waals surface area (Å²) >= 11 is 0. The van der Waals surface area contributed by atoms with Crippen molar-refractivity contribution in [2.45, 2.75) is 44.7 Å². The van der Waals surface area contributed by atoms with Gasteiger partial charge in [0.15, 0.2) is 5.82 Å². The topological polar surface area (TPSA) is 84.7 Å². The minimum atomic E-state index is -0.139. The molecule has 2 amide bonds. The molecule has 17 heavy (non-hydrogen) atoms. The van der Waals surface area contributed by atoms with Crippen LogP contribution in [0.3, 0.4) is 0 Å². The Labute approximate surface area is 100.0 Å². The highest BCUT2D eigenvalue weighted by molar-refractivity contribution is 5.74. The van der Waals surface area contributed by atoms with Crippen molar-refractivity contribution in [2.24, 2.45) is 7.05 Å². The molecule has 1 saturated carbocycles. The fourth-order valence-corrected chi connectivity index (χ4v) is 2.04. The lowest BCUT2D eigenvalue weighted by molar-refractivity contribution is 0.232. The van der Waals surface area contributed by atoms with Crippen molar-refractivity contribution < 1.29 is 4.79 Å². The van der Waals surface area contributed by atoms with Gasteiger partial charge >= 0.3 is 6.03 Å². The Morgan fingerprint density at radius 1 is 1.41 bits per heavy atom. The van der Waals surface area contributed by atoms with Gasteiger partial charge in [-0.15, -0.1) is 5.10 Å². The second-order valence-corrected chi connectivity index (χ2v) is 4.38. The summed E-state index contributed by atoms with van der Waals surface area (Å²) in [5, 5.41) is 16.7. The molecule has 1 aromatic heterocycles. The molecule has 2 rings (SSSR count). The Hall–Kier alpha value is -1.66. The molecule has 94 valence electrons. The third-order valence-corrected chi connectivity index (χ3v) is 3.06. The zero-order valence-electron chi connectivity index (χ0n) is 10.0. The Morgan fingerprint density at radius 2 is 2.18 bits per heavy atom. The van der Waals surface area contributed by atoms with E-state index in [0.717, 1.165) is 12.8 Å². The second kappa shape index (κ2) is 5.60. The number of aromatic nitrogens is 4. The maximum absolute atomic E-state index is 11.6. The molecule has 1 heterocycles. The number of nitrogens with one attached hydrogen (secondary N) is 2. The molecule has 1 aliphatic rings. The van der Waals surface area contributed by atoms with Crippen LogP contribution < -0.4 is 10.6 Å². The second-order valence-electron chi connectivity index (χ2n) is 4.38. The number of amides is 2. The Balaban J connectivity index is 1.72. The Kier molecular flexibility index (Phi) is 3.89. The molecule has 2 N–H and O–H groups in total. The first-order valence-corrected chi connectivity index (χ1v) is 6.01. The minimum Gasteiger partial charge on any atom is -0.335 e. The van der Waals surface area contributed by atoms with Gasteiger partial charge in [-0.1, -0.05) is 19.3 Å². The number of aryl methyl sites for hydroxylation is 1. The van der Waals surface area contributed by atoms with E-state index in [1.54, 1.807) is 11.7 Å². The molecular formula is C10H18N6O. The molecule has 0 saturated heterocycles. The number of hydrogen-bond acceptors (Lipinski definition) is 4. The molecular weight excluding hydrogens is 220 g/mol. The van der Waals surface area contributed by atoms with Gasteiger partial charge < -0.3 is 10.6 Å². The van der Waals surface area contributed by atoms with Crippen molar-refractivity contribution >= 4 is 6.03 Å². The summed E-state index contributed by atoms with van der Waals surface area (Å²) in [6, 6.07) is 0.182. The number of carbonyl (C=O) groups is 1. The molecule has 1 fully saturated rings. The predicted molar refractivity (Wildman–Crippen MR) is 61.0 cm³/mol. The van der Waals surface area contributed by atoms with Crippen LogP contribution >= 0.6 is 0 Å². The van der Waals surface area contributed by atoms with E-state index in [-0.39, 0.29) is 6.03 Å². The smallest absolute Gasteiger partial charge is 0.315 e. The highest BCUT2D eigenvalue weighted by atomic mass is 16.2. The number of nitrogens with zero attached hydrogens (tertiary/aromatic N) is 4. The van der Waals surface area contributed by atoms with Crippen LogP contribution in [-0.4, -0.2) is 32.3 Å². The van der Waals surface area contributed by atoms with Crippen LogP contribution in [0.15, 0.2) is 0 Å². The maximum atomic E-state index is 11.6. The molecule has 7 nitrogen and oxygen atoms in total. The molecule has 0 aromatic carbocycles. The van der Waals surface area contributed by atoms with Gasteiger partial charge in [0.2, 0.25) is 0 Å². The van der Waals surface area contributed by atoms with Crippen LogP contribution in [0, 0.1) is 0 Å². The van der Waals surface area contributed by atoms with Crippen LogP contribution in [0.2, 0.25) is 0 Å². The highest BCUT2D eigenvalue weighted by Gasteiger charge is 2.15. The third-order valence-electron chi connectivity index (χ3n) is 3.06. The summed E-state index contributed by atoms with van der Waals surface area (Å²) in [5.74, 6) is 0.642. The lowest BCUT2D eigenvalue weighted by Crippen LogP contribution is -2.42. The molecule has 0 radical (unpaired) electrons. The maximum Gasteiger partial charge on any atom is 0.315 e. The van der Waals surface area contributed by atoms with E-state index in [0.29, 0.717) is 18.4 Å². The van der Waals surface area contributed by atoms with Gasteiger partial charge in [-0.3, -0.25) is 0 Å². The third kappa shape index (κ3) is 3.40. The first-order valence-electron chi connectivity index (χ1n) is 6.01. The van der Waals surface area contributed by atoms with Crippen molar-refractivity contribution in [3.05, 3.63) is 5.82 Å². The first kappa shape index (κ1) is 11.8. The Bertz CT molecular complexity index is 371. The highest BCUT2D eigenvalue weighted by Crippen LogP contribution is 2.17. The average molecular weight is 238 g/mol. The molecule has 0 atom stereocenters. The lowest BCUT2D eigenvalue weighted by Gasteiger charge is -2.22. The lowest BCUT2D eigenvalue weighted by atomic mass is 9.96. The fourth-order valence-electron chi connectivity index (χ4n) is 2.04. The number of urea groups is 1. The normalized spacial score (nSPS) is 16.8. The van der Waals surface area contributed by atoms with Crippen LogP contribution in [0.4, 0.5) is 4.79 Å². The quantitative estimate of drug-likeness (QED) is 0.795. The van der Waals surface area contributed by atoms with E-state index in [9.17, 15) is 4.79 Å². The Morgan fingerprint density at radius 3 is 2.82 bits per heavy atom. The van der Waals surface area contributed by atoms with Crippen molar-refractivity contribution in [1.82, 2.24) is 30.8 Å². The van der Waals surface area contributed by atoms with Crippen LogP contribution in [0.1, 0.15) is 37.9 Å². The molecule has 0 spiro atoms. The van der Waals surface area contributed by atoms with Crippen LogP contribution in [-0.2, 0) is 13.6 Å². The fraction of sp³-hybridized carbons (Fsp3) is 0.800. The summed E-state index contributed by atoms with van der Waals surface area (Å²) in [6.45, 7) is 0.349. The van der Waals surface area contributed by atoms with Gasteiger partial charge in [0.1, 0.15) is 0 Å². The first-order chi connectivity index (χ1) is 8.25. The van der Waals surface area contributed by atoms with E-state index in [2.05, 4.69) is 26.2 Å². The van der Waals surface area contributed by atoms with Gasteiger partial charge in [0.05, 0.1) is 6.54 Å². The minimum absolute atomic E-state index is 0.139. The SMILES string of the molecule is Cn1nnnc1CNC(=O)NC1CCCCC1. The molecule has 1 aliphatic carbocycles. The van der Waals surface area contributed by atoms with Crippen molar-refractivity contribution in [2.75, 3.05) is 0 Å². The molecule has 7 heteroatoms. The predicted octanol–water partition coefficient (Wildman–Crippen LogP) is 0.342. The van der Waals surface area contributed by atoms with Crippen molar-refractivity contribution in [3.8, 4) is 0 Å². The van der Waals surface area contributed by atoms with Crippen molar-refractivity contribution in [3.63, 3.8) is 0 Å². The van der Waals surface area contributed by atoms with Gasteiger partial charge in [-0.05, 0) is 23.3 Å². The van der Waals surface area contributed by atoms with Gasteiger partial charge in [0.25, 0.3) is 0 Å². The standard InChI is InChI=1S/C10H18N6O/c1-16-9(13-14-15-16)7-11-10(17)12-8-5-3-2-4-6-8/h8H,2-7H2,1H3,(H2,11,12,17). The van der Waals surface area contributed by atoms with Crippen LogP contribution in [0.25, 0.3) is 0 Å². The molecule has 0 aliphatic heterocycles. The number of tetrazole rings is 1. The number of hydrogen-bond donors (Lipinski definition) is 2. The summed E-state index contributed by atoms with van der Waals surface area (Å²) in [6.07, 6.45) is 5.86. The molecule has 1 aromatic rings. The van der Waals surface area contributed by atoms with E-state index in [1.807, 2.05) is 0 Å². The van der Waals surface area contributed by atoms with Gasteiger partial charge in [-0.25, -0.2) is 9.48 Å². The monoisotopic (exact) mass is 238 g/mol. The van der Waals surface area contributed by atoms with E-state index >= 15 is 0 Å². The summed E-state index contributed by atoms with van der Waals surface area (Å²) in [4.78, 5) is 11.6. The summed E-state index contributed by atoms with van der Waals surface area (Å²) < 4.78 is 1.54. The van der Waals surface area contributed by atoms with E-state index < -0.39 is 0 Å². The van der Waals surface area contributed by atoms with E-state index in [1.165, 1.54) is 19.3 Å². The number of carbonyl (C=O) groups excluding carboxylic acids is 1. The van der Waals surface area contributed by atoms with Gasteiger partial charge in [-0.2, -0.15) is 0 Å². The molecule has 0 unspecified atom stereocenters. The van der Waals surface area contributed by atoms with E-state index in [4.69, 9.17) is 0 Å². The number of rotatable bonds is 3. The zero-order chi connectivity index (χ0) is 12.1. The average Bonchev–Trinajstić information content (AvgIpc) is 2.74. The summed E-state index contributed by atoms with van der Waals surface area (Å²) in [7, 11) is 1.75. The van der Waals surface area contributed by atoms with Gasteiger partial charge in [0, 0.05) is 13.1 Å².